The molecular formula is C44H80N2O2. The van der Waals surface area contributed by atoms with Gasteiger partial charge in [-0.25, -0.2) is 0 Å². The Labute approximate surface area is 299 Å². The molecule has 0 aliphatic heterocycles. The van der Waals surface area contributed by atoms with Gasteiger partial charge >= 0.3 is 0 Å². The van der Waals surface area contributed by atoms with E-state index in [0.29, 0.717) is 25.9 Å². The van der Waals surface area contributed by atoms with Crippen LogP contribution in [-0.4, -0.2) is 11.8 Å². The van der Waals surface area contributed by atoms with E-state index < -0.39 is 0 Å². The van der Waals surface area contributed by atoms with Crippen LogP contribution in [0.1, 0.15) is 230 Å². The maximum absolute atomic E-state index is 12.5. The lowest BCUT2D eigenvalue weighted by molar-refractivity contribution is -0.122. The van der Waals surface area contributed by atoms with Crippen molar-refractivity contribution in [3.8, 4) is 0 Å². The average Bonchev–Trinajstić information content (AvgIpc) is 3.10. The van der Waals surface area contributed by atoms with Gasteiger partial charge < -0.3 is 10.6 Å². The second-order valence-corrected chi connectivity index (χ2v) is 14.7. The van der Waals surface area contributed by atoms with Crippen LogP contribution in [0.4, 0.5) is 0 Å². The Kier molecular flexibility index (Phi) is 32.2. The average molecular weight is 669 g/mol. The normalized spacial score (nSPS) is 11.2. The predicted molar refractivity (Wildman–Crippen MR) is 209 cm³/mol. The van der Waals surface area contributed by atoms with Gasteiger partial charge in [0.05, 0.1) is 0 Å². The molecule has 0 aliphatic rings. The van der Waals surface area contributed by atoms with Gasteiger partial charge in [0.15, 0.2) is 0 Å². The van der Waals surface area contributed by atoms with Gasteiger partial charge in [0.25, 0.3) is 0 Å². The summed E-state index contributed by atoms with van der Waals surface area (Å²) in [6, 6.07) is 8.14. The lowest BCUT2D eigenvalue weighted by Gasteiger charge is -2.12. The van der Waals surface area contributed by atoms with Crippen molar-refractivity contribution in [2.24, 2.45) is 0 Å². The van der Waals surface area contributed by atoms with Crippen LogP contribution in [0.15, 0.2) is 24.3 Å². The van der Waals surface area contributed by atoms with Gasteiger partial charge in [-0.1, -0.05) is 218 Å². The molecule has 4 nitrogen and oxygen atoms in total. The minimum absolute atomic E-state index is 0.136. The molecule has 0 saturated heterocycles. The summed E-state index contributed by atoms with van der Waals surface area (Å²) in [5, 5.41) is 6.22. The third-order valence-corrected chi connectivity index (χ3v) is 10.1. The highest BCUT2D eigenvalue weighted by atomic mass is 16.2. The van der Waals surface area contributed by atoms with Gasteiger partial charge in [-0.2, -0.15) is 0 Å². The Hall–Kier alpha value is -1.84. The van der Waals surface area contributed by atoms with Crippen LogP contribution in [-0.2, 0) is 22.7 Å². The molecule has 1 aromatic carbocycles. The molecule has 0 spiro atoms. The third-order valence-electron chi connectivity index (χ3n) is 10.1. The molecule has 2 amide bonds. The van der Waals surface area contributed by atoms with Crippen LogP contribution >= 0.6 is 0 Å². The van der Waals surface area contributed by atoms with E-state index >= 15 is 0 Å². The molecule has 0 atom stereocenters. The van der Waals surface area contributed by atoms with Crippen molar-refractivity contribution < 1.29 is 9.59 Å². The minimum Gasteiger partial charge on any atom is -0.352 e. The number of benzene rings is 1. The Morgan fingerprint density at radius 2 is 0.604 bits per heavy atom. The van der Waals surface area contributed by atoms with Crippen LogP contribution in [0.5, 0.6) is 0 Å². The highest BCUT2D eigenvalue weighted by molar-refractivity contribution is 5.76. The molecule has 0 aliphatic carbocycles. The van der Waals surface area contributed by atoms with Crippen molar-refractivity contribution >= 4 is 11.8 Å². The molecule has 1 aromatic rings. The van der Waals surface area contributed by atoms with E-state index in [2.05, 4.69) is 36.6 Å². The Bertz CT molecular complexity index is 785. The van der Waals surface area contributed by atoms with Crippen molar-refractivity contribution in [3.63, 3.8) is 0 Å². The second-order valence-electron chi connectivity index (χ2n) is 14.7. The largest absolute Gasteiger partial charge is 0.352 e. The van der Waals surface area contributed by atoms with Gasteiger partial charge in [-0.15, -0.1) is 0 Å². The molecule has 0 unspecified atom stereocenters. The number of unbranched alkanes of at least 4 members (excludes halogenated alkanes) is 28. The molecule has 0 bridgehead atoms. The number of carbonyl (C=O) groups is 2. The monoisotopic (exact) mass is 669 g/mol. The number of amides is 2. The fraction of sp³-hybridized carbons (Fsp3) is 0.818. The van der Waals surface area contributed by atoms with Crippen molar-refractivity contribution in [1.82, 2.24) is 10.6 Å². The predicted octanol–water partition coefficient (Wildman–Crippen LogP) is 13.4. The summed E-state index contributed by atoms with van der Waals surface area (Å²) < 4.78 is 0. The number of rotatable bonds is 36. The lowest BCUT2D eigenvalue weighted by atomic mass is 10.0. The molecular weight excluding hydrogens is 588 g/mol. The van der Waals surface area contributed by atoms with Gasteiger partial charge in [-0.05, 0) is 24.0 Å². The summed E-state index contributed by atoms with van der Waals surface area (Å²) in [6.07, 6.45) is 41.3. The molecule has 278 valence electrons. The summed E-state index contributed by atoms with van der Waals surface area (Å²) >= 11 is 0. The zero-order valence-electron chi connectivity index (χ0n) is 32.2. The third kappa shape index (κ3) is 29.1. The minimum atomic E-state index is 0.136. The number of hydrogen-bond donors (Lipinski definition) is 2. The maximum atomic E-state index is 12.5. The van der Waals surface area contributed by atoms with Crippen LogP contribution in [0.2, 0.25) is 0 Å². The molecule has 0 heterocycles. The molecule has 0 aromatic heterocycles. The van der Waals surface area contributed by atoms with Gasteiger partial charge in [0.2, 0.25) is 11.8 Å². The standard InChI is InChI=1S/C44H80N2O2/c1-3-5-7-9-11-13-15-17-19-21-23-25-27-29-31-37-43(47)45-39-41-35-33-34-36-42(41)40-46-44(48)38-32-30-28-26-24-22-20-18-16-14-12-10-8-6-4-2/h33-36H,3-32,37-40H2,1-2H3,(H,45,47)(H,46,48). The fourth-order valence-electron chi connectivity index (χ4n) is 6.78. The van der Waals surface area contributed by atoms with E-state index in [9.17, 15) is 9.59 Å². The van der Waals surface area contributed by atoms with Gasteiger partial charge in [0, 0.05) is 25.9 Å². The van der Waals surface area contributed by atoms with E-state index in [1.807, 2.05) is 12.1 Å². The number of carbonyl (C=O) groups excluding carboxylic acids is 2. The van der Waals surface area contributed by atoms with Crippen LogP contribution in [0.25, 0.3) is 0 Å². The van der Waals surface area contributed by atoms with E-state index in [1.165, 1.54) is 167 Å². The van der Waals surface area contributed by atoms with Crippen LogP contribution < -0.4 is 10.6 Å². The Balaban J connectivity index is 1.98. The second kappa shape index (κ2) is 35.0. The molecule has 0 saturated carbocycles. The molecule has 1 rings (SSSR count). The van der Waals surface area contributed by atoms with Crippen molar-refractivity contribution in [2.75, 3.05) is 0 Å². The first-order valence-electron chi connectivity index (χ1n) is 21.3. The summed E-state index contributed by atoms with van der Waals surface area (Å²) in [7, 11) is 0. The topological polar surface area (TPSA) is 58.2 Å². The van der Waals surface area contributed by atoms with Crippen LogP contribution in [0.3, 0.4) is 0 Å². The van der Waals surface area contributed by atoms with E-state index in [1.54, 1.807) is 0 Å². The van der Waals surface area contributed by atoms with Crippen LogP contribution in [0, 0.1) is 0 Å². The summed E-state index contributed by atoms with van der Waals surface area (Å²) in [6.45, 7) is 5.63. The molecule has 0 fully saturated rings. The summed E-state index contributed by atoms with van der Waals surface area (Å²) in [5.74, 6) is 0.272. The van der Waals surface area contributed by atoms with Crippen molar-refractivity contribution in [2.45, 2.75) is 232 Å². The summed E-state index contributed by atoms with van der Waals surface area (Å²) in [5.41, 5.74) is 2.18. The maximum Gasteiger partial charge on any atom is 0.220 e. The first kappa shape index (κ1) is 44.2. The number of hydrogen-bond acceptors (Lipinski definition) is 2. The van der Waals surface area contributed by atoms with Gasteiger partial charge in [-0.3, -0.25) is 9.59 Å². The Morgan fingerprint density at radius 1 is 0.375 bits per heavy atom. The SMILES string of the molecule is CCCCCCCCCCCCCCCCCC(=O)NCc1ccccc1CNC(=O)CCCCCCCCCCCCCCCCC. The zero-order chi connectivity index (χ0) is 34.6. The molecule has 4 heteroatoms. The summed E-state index contributed by atoms with van der Waals surface area (Å²) in [4.78, 5) is 24.9. The molecule has 48 heavy (non-hydrogen) atoms. The first-order valence-corrected chi connectivity index (χ1v) is 21.3. The van der Waals surface area contributed by atoms with Crippen molar-refractivity contribution in [3.05, 3.63) is 35.4 Å². The molecule has 0 radical (unpaired) electrons. The van der Waals surface area contributed by atoms with Crippen molar-refractivity contribution in [1.29, 1.82) is 0 Å². The smallest absolute Gasteiger partial charge is 0.220 e. The van der Waals surface area contributed by atoms with E-state index in [-0.39, 0.29) is 11.8 Å². The highest BCUT2D eigenvalue weighted by Crippen LogP contribution is 2.16. The first-order chi connectivity index (χ1) is 23.7. The zero-order valence-corrected chi connectivity index (χ0v) is 32.2. The highest BCUT2D eigenvalue weighted by Gasteiger charge is 2.07. The molecule has 2 N–H and O–H groups in total. The fourth-order valence-corrected chi connectivity index (χ4v) is 6.78. The van der Waals surface area contributed by atoms with E-state index in [0.717, 1.165) is 36.8 Å². The van der Waals surface area contributed by atoms with Gasteiger partial charge in [0.1, 0.15) is 0 Å². The quantitative estimate of drug-likeness (QED) is 0.0699. The Morgan fingerprint density at radius 3 is 0.854 bits per heavy atom. The number of nitrogens with one attached hydrogen (secondary N) is 2. The lowest BCUT2D eigenvalue weighted by Crippen LogP contribution is -2.25. The van der Waals surface area contributed by atoms with E-state index in [4.69, 9.17) is 0 Å².